The van der Waals surface area contributed by atoms with E-state index in [9.17, 15) is 40.4 Å². The standard InChI is InChI=1S/C12H16BrNO2.C12H10O.C11H12BrFO5S.C6H4BrF3O.H12P10/c1-12(2,3)16-11(15)14-8-9-4-6-10(13)7-5-9;1-9-6-7-10-4-2-3-5-11(10)12(9)8-13;1-2-18-11(15)6-19(16,17)10-4-7(12)3-9(13)8(10)5-14;7-3-4-1-2-5(11-4)6(8,9)10;1-7(2)10(8(3)4)9(5)6/h4-7H,8H2,1-3H3,(H,14,15);2-8H,1H3;3-4,14H,2,5-6H2,1H3;1-2H,3H2;1-6H2. The van der Waals surface area contributed by atoms with Crippen LogP contribution in [0.15, 0.2) is 103 Å². The Bertz CT molecular complexity index is 2500. The summed E-state index contributed by atoms with van der Waals surface area (Å²) in [5.74, 6) is -3.36. The van der Waals surface area contributed by atoms with E-state index < -0.39 is 62.5 Å². The van der Waals surface area contributed by atoms with Gasteiger partial charge in [0.1, 0.15) is 17.2 Å². The normalized spacial score (nSPS) is 11.3. The van der Waals surface area contributed by atoms with Crippen molar-refractivity contribution >= 4 is 168 Å². The molecule has 0 fully saturated rings. The Morgan fingerprint density at radius 3 is 1.90 bits per heavy atom. The van der Waals surface area contributed by atoms with Crippen LogP contribution in [0.5, 0.6) is 0 Å². The van der Waals surface area contributed by atoms with Crippen molar-refractivity contribution < 1.29 is 59.4 Å². The molecule has 0 aliphatic heterocycles. The third kappa shape index (κ3) is 26.0. The highest BCUT2D eigenvalue weighted by Crippen LogP contribution is 3.10. The molecule has 28 heteroatoms. The molecule has 6 atom stereocenters. The maximum Gasteiger partial charge on any atom is 0.449 e. The first-order valence-corrected chi connectivity index (χ1v) is 41.1. The molecule has 5 rings (SSSR count). The topological polar surface area (TPSA) is 149 Å². The molecule has 0 spiro atoms. The van der Waals surface area contributed by atoms with E-state index in [1.165, 1.54) is 6.07 Å². The summed E-state index contributed by atoms with van der Waals surface area (Å²) in [5, 5.41) is 14.2. The number of rotatable bonds is 12. The predicted octanol–water partition coefficient (Wildman–Crippen LogP) is 16.4. The van der Waals surface area contributed by atoms with Crippen LogP contribution in [0.25, 0.3) is 10.8 Å². The van der Waals surface area contributed by atoms with Gasteiger partial charge >= 0.3 is 18.2 Å². The van der Waals surface area contributed by atoms with Crippen molar-refractivity contribution in [1.29, 1.82) is 0 Å². The number of aliphatic hydroxyl groups is 1. The monoisotopic (exact) mass is 1360 g/mol. The summed E-state index contributed by atoms with van der Waals surface area (Å²) in [6, 6.07) is 24.1. The zero-order chi connectivity index (χ0) is 52.9. The lowest BCUT2D eigenvalue weighted by atomic mass is 10.0. The Kier molecular flexibility index (Phi) is 32.4. The summed E-state index contributed by atoms with van der Waals surface area (Å²) in [7, 11) is 13.6. The fraction of sp³-hybridized carbons (Fsp3) is 0.293. The molecule has 1 amide bonds. The molecule has 6 unspecified atom stereocenters. The minimum Gasteiger partial charge on any atom is -0.465 e. The molecule has 0 radical (unpaired) electrons. The van der Waals surface area contributed by atoms with Gasteiger partial charge in [-0.3, -0.25) is 9.59 Å². The first kappa shape index (κ1) is 67.2. The SMILES string of the molecule is CC(C)(C)OC(=O)NCc1ccc(Br)cc1.CCOC(=O)CS(=O)(=O)c1cc(Br)cc(F)c1CO.Cc1ccc2ccccc2c1C=O.FC(F)(F)c1ccc(CBr)o1.PP(P)P(P(P)P)P(P)P. The number of amides is 1. The molecule has 382 valence electrons. The Balaban J connectivity index is 0.000000440. The van der Waals surface area contributed by atoms with E-state index in [1.807, 2.05) is 88.4 Å². The fourth-order valence-electron chi connectivity index (χ4n) is 5.06. The lowest BCUT2D eigenvalue weighted by Crippen LogP contribution is -2.32. The van der Waals surface area contributed by atoms with Crippen LogP contribution in [0.4, 0.5) is 22.4 Å². The third-order valence-corrected chi connectivity index (χ3v) is 60.7. The minimum atomic E-state index is -4.37. The summed E-state index contributed by atoms with van der Waals surface area (Å²) in [6.07, 6.45) is -3.84. The third-order valence-electron chi connectivity index (χ3n) is 7.97. The van der Waals surface area contributed by atoms with Crippen molar-refractivity contribution in [1.82, 2.24) is 5.32 Å². The quantitative estimate of drug-likeness (QED) is 0.0409. The largest absolute Gasteiger partial charge is 0.465 e. The Hall–Kier alpha value is 0.200. The van der Waals surface area contributed by atoms with Crippen LogP contribution in [0, 0.1) is 12.7 Å². The molecule has 0 aliphatic carbocycles. The molecule has 4 aromatic carbocycles. The van der Waals surface area contributed by atoms with E-state index in [-0.39, 0.29) is 50.4 Å². The predicted molar refractivity (Wildman–Crippen MR) is 312 cm³/mol. The van der Waals surface area contributed by atoms with E-state index in [0.29, 0.717) is 11.9 Å². The van der Waals surface area contributed by atoms with Gasteiger partial charge in [0, 0.05) is 26.6 Å². The molecule has 0 bridgehead atoms. The van der Waals surface area contributed by atoms with Gasteiger partial charge in [-0.15, -0.1) is 53.6 Å². The van der Waals surface area contributed by atoms with Crippen molar-refractivity contribution in [3.8, 4) is 0 Å². The van der Waals surface area contributed by atoms with Crippen molar-refractivity contribution in [2.75, 3.05) is 12.4 Å². The second-order valence-corrected chi connectivity index (χ2v) is 55.5. The summed E-state index contributed by atoms with van der Waals surface area (Å²) in [4.78, 5) is 33.0. The van der Waals surface area contributed by atoms with Crippen molar-refractivity contribution in [3.63, 3.8) is 0 Å². The minimum absolute atomic E-state index is 0.0497. The Labute approximate surface area is 445 Å². The number of benzene rings is 4. The summed E-state index contributed by atoms with van der Waals surface area (Å²) < 4.78 is 88.4. The number of alkyl halides is 4. The molecule has 5 aromatic rings. The molecule has 0 aliphatic rings. The Morgan fingerprint density at radius 2 is 1.45 bits per heavy atom. The van der Waals surface area contributed by atoms with Crippen LogP contribution < -0.4 is 5.32 Å². The van der Waals surface area contributed by atoms with Crippen molar-refractivity contribution in [2.45, 2.75) is 69.8 Å². The summed E-state index contributed by atoms with van der Waals surface area (Å²) in [5.41, 5.74) is 2.05. The molecule has 1 heterocycles. The van der Waals surface area contributed by atoms with Crippen LogP contribution in [-0.2, 0) is 48.8 Å². The molecule has 2 N–H and O–H groups in total. The average Bonchev–Trinajstić information content (AvgIpc) is 3.74. The van der Waals surface area contributed by atoms with Gasteiger partial charge in [0.2, 0.25) is 5.76 Å². The number of nitrogens with one attached hydrogen (secondary N) is 1. The number of aldehydes is 1. The number of carbonyl (C=O) groups excluding carboxylic acids is 3. The van der Waals surface area contributed by atoms with Crippen LogP contribution in [0.2, 0.25) is 0 Å². The molecular weight excluding hydrogens is 1310 g/mol. The van der Waals surface area contributed by atoms with E-state index in [1.54, 1.807) is 6.92 Å². The number of hydrogen-bond donors (Lipinski definition) is 2. The van der Waals surface area contributed by atoms with Gasteiger partial charge in [-0.1, -0.05) is 96.3 Å². The van der Waals surface area contributed by atoms with E-state index in [0.717, 1.165) is 56.4 Å². The van der Waals surface area contributed by atoms with E-state index >= 15 is 0 Å². The smallest absolute Gasteiger partial charge is 0.449 e. The van der Waals surface area contributed by atoms with Crippen LogP contribution in [0.3, 0.4) is 0 Å². The highest BCUT2D eigenvalue weighted by Gasteiger charge is 2.34. The summed E-state index contributed by atoms with van der Waals surface area (Å²) >= 11 is 9.29. The van der Waals surface area contributed by atoms with Gasteiger partial charge < -0.3 is 24.3 Å². The fourth-order valence-corrected chi connectivity index (χ4v) is 94.2. The van der Waals surface area contributed by atoms with Gasteiger partial charge in [0.05, 0.1) is 23.4 Å². The number of carbonyl (C=O) groups is 3. The molecule has 0 saturated carbocycles. The van der Waals surface area contributed by atoms with Crippen molar-refractivity contribution in [3.05, 3.63) is 133 Å². The van der Waals surface area contributed by atoms with Gasteiger partial charge in [-0.2, -0.15) is 13.2 Å². The summed E-state index contributed by atoms with van der Waals surface area (Å²) in [6.45, 7) is 9.38. The number of fused-ring (bicyclic) bond motifs is 1. The zero-order valence-electron chi connectivity index (χ0n) is 37.7. The first-order valence-electron chi connectivity index (χ1n) is 19.5. The maximum atomic E-state index is 13.6. The van der Waals surface area contributed by atoms with Gasteiger partial charge in [0.15, 0.2) is 21.9 Å². The highest BCUT2D eigenvalue weighted by molar-refractivity contribution is 9.16. The van der Waals surface area contributed by atoms with E-state index in [2.05, 4.69) is 116 Å². The number of alkyl carbamates (subject to hydrolysis) is 1. The number of aryl methyl sites for hydroxylation is 1. The molecule has 0 saturated heterocycles. The number of aliphatic hydroxyl groups excluding tert-OH is 1. The second kappa shape index (κ2) is 33.3. The second-order valence-electron chi connectivity index (χ2n) is 14.5. The number of halogens is 7. The number of ether oxygens (including phenoxy) is 2. The van der Waals surface area contributed by atoms with Gasteiger partial charge in [-0.25, -0.2) is 17.6 Å². The highest BCUT2D eigenvalue weighted by atomic mass is 79.9. The lowest BCUT2D eigenvalue weighted by Gasteiger charge is -2.27. The molecule has 69 heavy (non-hydrogen) atoms. The molecule has 10 nitrogen and oxygen atoms in total. The van der Waals surface area contributed by atoms with Gasteiger partial charge in [0.25, 0.3) is 0 Å². The number of sulfone groups is 1. The lowest BCUT2D eigenvalue weighted by molar-refractivity contribution is -0.153. The van der Waals surface area contributed by atoms with Crippen molar-refractivity contribution in [2.24, 2.45) is 0 Å². The van der Waals surface area contributed by atoms with Crippen LogP contribution >= 0.6 is 129 Å². The maximum absolute atomic E-state index is 13.6. The number of furan rings is 1. The zero-order valence-corrected chi connectivity index (χ0v) is 53.8. The molecular formula is C41H54Br3F4NO9P10S. The Morgan fingerprint density at radius 1 is 0.870 bits per heavy atom. The molecule has 1 aromatic heterocycles. The van der Waals surface area contributed by atoms with Crippen LogP contribution in [0.1, 0.15) is 66.3 Å². The first-order chi connectivity index (χ1) is 32.0. The number of esters is 1. The van der Waals surface area contributed by atoms with Gasteiger partial charge in [-0.05, 0) is 121 Å². The van der Waals surface area contributed by atoms with E-state index in [4.69, 9.17) is 9.84 Å². The number of hydrogen-bond acceptors (Lipinski definition) is 9. The van der Waals surface area contributed by atoms with Crippen LogP contribution in [-0.4, -0.2) is 49.8 Å². The average molecular weight is 1360 g/mol.